The minimum atomic E-state index is -0.984. The Labute approximate surface area is 120 Å². The summed E-state index contributed by atoms with van der Waals surface area (Å²) >= 11 is 0. The van der Waals surface area contributed by atoms with Crippen LogP contribution in [0.4, 0.5) is 4.79 Å². The van der Waals surface area contributed by atoms with Gasteiger partial charge in [0.25, 0.3) is 0 Å². The van der Waals surface area contributed by atoms with E-state index in [0.29, 0.717) is 13.0 Å². The summed E-state index contributed by atoms with van der Waals surface area (Å²) in [7, 11) is 0. The van der Waals surface area contributed by atoms with E-state index in [9.17, 15) is 9.59 Å². The van der Waals surface area contributed by atoms with E-state index in [1.165, 1.54) is 12.8 Å². The Balaban J connectivity index is 2.35. The second kappa shape index (κ2) is 8.09. The molecule has 0 aromatic carbocycles. The molecule has 3 atom stereocenters. The normalized spacial score (nSPS) is 20.1. The number of nitrogens with zero attached hydrogens (tertiary/aromatic N) is 1. The molecule has 6 nitrogen and oxygen atoms in total. The minimum Gasteiger partial charge on any atom is -0.480 e. The first kappa shape index (κ1) is 16.8. The standard InChI is InChI=1S/C14H27N3O3/c1-4-10(2)12(13(18)19)16-14(20)15-9-11(3)17-7-5-6-8-17/h10-12H,4-9H2,1-3H3,(H,18,19)(H2,15,16,20)/t10-,11?,12-/m0/s1. The molecule has 1 aliphatic rings. The average Bonchev–Trinajstić information content (AvgIpc) is 2.95. The number of nitrogens with one attached hydrogen (secondary N) is 2. The Morgan fingerprint density at radius 3 is 2.35 bits per heavy atom. The van der Waals surface area contributed by atoms with Crippen molar-refractivity contribution >= 4 is 12.0 Å². The maximum Gasteiger partial charge on any atom is 0.326 e. The fourth-order valence-electron chi connectivity index (χ4n) is 2.43. The molecule has 20 heavy (non-hydrogen) atoms. The zero-order valence-corrected chi connectivity index (χ0v) is 12.7. The summed E-state index contributed by atoms with van der Waals surface area (Å²) in [4.78, 5) is 25.3. The highest BCUT2D eigenvalue weighted by Gasteiger charge is 2.25. The van der Waals surface area contributed by atoms with Crippen LogP contribution in [-0.2, 0) is 4.79 Å². The summed E-state index contributed by atoms with van der Waals surface area (Å²) < 4.78 is 0. The van der Waals surface area contributed by atoms with Gasteiger partial charge in [0.15, 0.2) is 0 Å². The lowest BCUT2D eigenvalue weighted by Gasteiger charge is -2.25. The number of carbonyl (C=O) groups is 2. The van der Waals surface area contributed by atoms with Gasteiger partial charge in [-0.1, -0.05) is 20.3 Å². The van der Waals surface area contributed by atoms with Crippen molar-refractivity contribution in [1.82, 2.24) is 15.5 Å². The second-order valence-corrected chi connectivity index (χ2v) is 5.65. The molecular weight excluding hydrogens is 258 g/mol. The van der Waals surface area contributed by atoms with Crippen LogP contribution in [0.2, 0.25) is 0 Å². The van der Waals surface area contributed by atoms with Crippen LogP contribution in [0, 0.1) is 5.92 Å². The zero-order valence-electron chi connectivity index (χ0n) is 12.7. The van der Waals surface area contributed by atoms with E-state index in [1.807, 2.05) is 13.8 Å². The molecule has 1 rings (SSSR count). The lowest BCUT2D eigenvalue weighted by atomic mass is 9.99. The van der Waals surface area contributed by atoms with Crippen molar-refractivity contribution in [1.29, 1.82) is 0 Å². The third-order valence-corrected chi connectivity index (χ3v) is 4.09. The van der Waals surface area contributed by atoms with Crippen molar-refractivity contribution in [2.24, 2.45) is 5.92 Å². The number of carboxylic acids is 1. The molecule has 1 saturated heterocycles. The van der Waals surface area contributed by atoms with E-state index in [-0.39, 0.29) is 12.0 Å². The van der Waals surface area contributed by atoms with Gasteiger partial charge in [0.1, 0.15) is 6.04 Å². The first-order chi connectivity index (χ1) is 9.45. The smallest absolute Gasteiger partial charge is 0.326 e. The Hall–Kier alpha value is -1.30. The lowest BCUT2D eigenvalue weighted by Crippen LogP contribution is -2.51. The number of amides is 2. The average molecular weight is 285 g/mol. The van der Waals surface area contributed by atoms with Gasteiger partial charge in [-0.15, -0.1) is 0 Å². The Morgan fingerprint density at radius 1 is 1.25 bits per heavy atom. The topological polar surface area (TPSA) is 81.7 Å². The van der Waals surface area contributed by atoms with Crippen LogP contribution in [0.15, 0.2) is 0 Å². The van der Waals surface area contributed by atoms with Gasteiger partial charge < -0.3 is 15.7 Å². The van der Waals surface area contributed by atoms with Gasteiger partial charge in [0, 0.05) is 12.6 Å². The van der Waals surface area contributed by atoms with Crippen molar-refractivity contribution in [3.63, 3.8) is 0 Å². The quantitative estimate of drug-likeness (QED) is 0.658. The predicted octanol–water partition coefficient (Wildman–Crippen LogP) is 1.27. The summed E-state index contributed by atoms with van der Waals surface area (Å²) in [5.41, 5.74) is 0. The molecule has 0 aromatic rings. The highest BCUT2D eigenvalue weighted by atomic mass is 16.4. The molecule has 2 amide bonds. The Morgan fingerprint density at radius 2 is 1.85 bits per heavy atom. The van der Waals surface area contributed by atoms with Crippen LogP contribution in [-0.4, -0.2) is 53.7 Å². The molecule has 1 unspecified atom stereocenters. The van der Waals surface area contributed by atoms with E-state index >= 15 is 0 Å². The zero-order chi connectivity index (χ0) is 15.1. The van der Waals surface area contributed by atoms with E-state index in [4.69, 9.17) is 5.11 Å². The summed E-state index contributed by atoms with van der Waals surface area (Å²) in [6.07, 6.45) is 3.14. The Bertz CT molecular complexity index is 330. The highest BCUT2D eigenvalue weighted by molar-refractivity contribution is 5.82. The molecule has 0 bridgehead atoms. The molecule has 1 fully saturated rings. The third-order valence-electron chi connectivity index (χ3n) is 4.09. The van der Waals surface area contributed by atoms with Gasteiger partial charge in [-0.2, -0.15) is 0 Å². The highest BCUT2D eigenvalue weighted by Crippen LogP contribution is 2.11. The molecule has 1 aliphatic heterocycles. The molecule has 116 valence electrons. The number of likely N-dealkylation sites (tertiary alicyclic amines) is 1. The molecule has 0 spiro atoms. The van der Waals surface area contributed by atoms with E-state index in [2.05, 4.69) is 22.5 Å². The van der Waals surface area contributed by atoms with Gasteiger partial charge in [-0.25, -0.2) is 9.59 Å². The van der Waals surface area contributed by atoms with Crippen LogP contribution in [0.3, 0.4) is 0 Å². The second-order valence-electron chi connectivity index (χ2n) is 5.65. The van der Waals surface area contributed by atoms with E-state index < -0.39 is 18.0 Å². The van der Waals surface area contributed by atoms with Crippen LogP contribution >= 0.6 is 0 Å². The van der Waals surface area contributed by atoms with Gasteiger partial charge in [0.2, 0.25) is 0 Å². The van der Waals surface area contributed by atoms with Crippen molar-refractivity contribution in [2.75, 3.05) is 19.6 Å². The van der Waals surface area contributed by atoms with Gasteiger partial charge >= 0.3 is 12.0 Å². The summed E-state index contributed by atoms with van der Waals surface area (Å²) in [6, 6.07) is -0.944. The van der Waals surface area contributed by atoms with Crippen molar-refractivity contribution in [3.8, 4) is 0 Å². The van der Waals surface area contributed by atoms with Gasteiger partial charge in [-0.05, 0) is 38.8 Å². The fourth-order valence-corrected chi connectivity index (χ4v) is 2.43. The van der Waals surface area contributed by atoms with Crippen molar-refractivity contribution in [2.45, 2.75) is 52.1 Å². The number of carbonyl (C=O) groups excluding carboxylic acids is 1. The van der Waals surface area contributed by atoms with Gasteiger partial charge in [-0.3, -0.25) is 4.90 Å². The first-order valence-electron chi connectivity index (χ1n) is 7.47. The maximum atomic E-state index is 11.8. The number of rotatable bonds is 7. The van der Waals surface area contributed by atoms with Crippen LogP contribution < -0.4 is 10.6 Å². The largest absolute Gasteiger partial charge is 0.480 e. The minimum absolute atomic E-state index is 0.0887. The molecule has 3 N–H and O–H groups in total. The fraction of sp³-hybridized carbons (Fsp3) is 0.857. The van der Waals surface area contributed by atoms with Crippen molar-refractivity contribution in [3.05, 3.63) is 0 Å². The lowest BCUT2D eigenvalue weighted by molar-refractivity contribution is -0.140. The summed E-state index contributed by atoms with van der Waals surface area (Å²) in [5, 5.41) is 14.4. The molecule has 1 heterocycles. The monoisotopic (exact) mass is 285 g/mol. The van der Waals surface area contributed by atoms with Crippen molar-refractivity contribution < 1.29 is 14.7 Å². The molecular formula is C14H27N3O3. The summed E-state index contributed by atoms with van der Waals surface area (Å²) in [5.74, 6) is -1.07. The number of hydrogen-bond acceptors (Lipinski definition) is 3. The maximum absolute atomic E-state index is 11.8. The number of urea groups is 1. The number of aliphatic carboxylic acids is 1. The van der Waals surface area contributed by atoms with E-state index in [1.54, 1.807) is 0 Å². The van der Waals surface area contributed by atoms with Gasteiger partial charge in [0.05, 0.1) is 0 Å². The Kier molecular flexibility index (Phi) is 6.78. The SMILES string of the molecule is CC[C@H](C)[C@H](NC(=O)NCC(C)N1CCCC1)C(=O)O. The number of hydrogen-bond donors (Lipinski definition) is 3. The van der Waals surface area contributed by atoms with E-state index in [0.717, 1.165) is 13.1 Å². The third kappa shape index (κ3) is 5.00. The number of carboxylic acid groups (broad SMARTS) is 1. The molecule has 0 radical (unpaired) electrons. The summed E-state index contributed by atoms with van der Waals surface area (Å²) in [6.45, 7) is 8.51. The van der Waals surface area contributed by atoms with Crippen LogP contribution in [0.1, 0.15) is 40.0 Å². The molecule has 0 aromatic heterocycles. The molecule has 0 saturated carbocycles. The predicted molar refractivity (Wildman–Crippen MR) is 77.7 cm³/mol. The van der Waals surface area contributed by atoms with Crippen LogP contribution in [0.25, 0.3) is 0 Å². The molecule has 6 heteroatoms. The molecule has 0 aliphatic carbocycles. The first-order valence-corrected chi connectivity index (χ1v) is 7.47. The van der Waals surface area contributed by atoms with Crippen LogP contribution in [0.5, 0.6) is 0 Å².